The first-order chi connectivity index (χ1) is 27.7. The number of carboxylic acids is 1. The number of hydrogen-bond donors (Lipinski definition) is 5. The molecule has 5 N–H and O–H groups in total. The van der Waals surface area contributed by atoms with Crippen molar-refractivity contribution < 1.29 is 41.9 Å². The number of imidazole rings is 1. The molecule has 16 nitrogen and oxygen atoms in total. The molecule has 58 heavy (non-hydrogen) atoms. The highest BCUT2D eigenvalue weighted by Gasteiger charge is 2.43. The van der Waals surface area contributed by atoms with Gasteiger partial charge in [-0.3, -0.25) is 24.5 Å². The molecule has 0 bridgehead atoms. The van der Waals surface area contributed by atoms with Crippen molar-refractivity contribution in [2.45, 2.75) is 19.0 Å². The molecule has 0 aliphatic carbocycles. The number of amides is 3. The van der Waals surface area contributed by atoms with E-state index in [0.717, 1.165) is 25.8 Å². The normalized spacial score (nSPS) is 20.1. The molecule has 308 valence electrons. The Morgan fingerprint density at radius 1 is 0.983 bits per heavy atom. The molecule has 0 radical (unpaired) electrons. The van der Waals surface area contributed by atoms with Crippen LogP contribution in [0.25, 0.3) is 22.6 Å². The highest BCUT2D eigenvalue weighted by molar-refractivity contribution is 6.34. The Labute approximate surface area is 336 Å². The van der Waals surface area contributed by atoms with Crippen LogP contribution in [0.4, 0.5) is 24.5 Å². The fourth-order valence-electron chi connectivity index (χ4n) is 8.11. The summed E-state index contributed by atoms with van der Waals surface area (Å²) in [5.41, 5.74) is -0.318. The molecular weight excluding hydrogens is 783 g/mol. The average molecular weight is 827 g/mol. The van der Waals surface area contributed by atoms with Gasteiger partial charge in [0.25, 0.3) is 11.8 Å². The maximum absolute atomic E-state index is 14.1. The number of likely N-dealkylation sites (tertiary alicyclic amines) is 1. The van der Waals surface area contributed by atoms with Gasteiger partial charge in [-0.25, -0.2) is 9.78 Å². The predicted octanol–water partition coefficient (Wildman–Crippen LogP) is 3.65. The van der Waals surface area contributed by atoms with E-state index < -0.39 is 23.7 Å². The maximum Gasteiger partial charge on any atom is 0.433 e. The molecule has 1 aromatic carbocycles. The molecule has 0 saturated carbocycles. The van der Waals surface area contributed by atoms with E-state index in [2.05, 4.69) is 36.1 Å². The lowest BCUT2D eigenvalue weighted by Crippen LogP contribution is -2.62. The maximum atomic E-state index is 14.1. The summed E-state index contributed by atoms with van der Waals surface area (Å²) in [6.07, 6.45) is -0.946. The number of nitrogens with one attached hydrogen (secondary N) is 4. The molecule has 3 amide bonds. The van der Waals surface area contributed by atoms with Crippen LogP contribution in [0.15, 0.2) is 42.7 Å². The molecule has 0 spiro atoms. The minimum Gasteiger partial charge on any atom is -0.477 e. The number of carbonyl (C=O) groups is 4. The quantitative estimate of drug-likeness (QED) is 0.140. The second-order valence-electron chi connectivity index (χ2n) is 15.1. The van der Waals surface area contributed by atoms with Gasteiger partial charge in [0.2, 0.25) is 5.91 Å². The third kappa shape index (κ3) is 8.37. The van der Waals surface area contributed by atoms with Crippen LogP contribution in [0.2, 0.25) is 5.02 Å². The number of anilines is 2. The number of H-pyrrole nitrogens is 1. The Bertz CT molecular complexity index is 2190. The number of benzene rings is 1. The lowest BCUT2D eigenvalue weighted by Gasteiger charge is -2.46. The van der Waals surface area contributed by atoms with Gasteiger partial charge in [0.15, 0.2) is 12.4 Å². The number of carbonyl (C=O) groups excluding carboxylic acids is 3. The summed E-state index contributed by atoms with van der Waals surface area (Å²) < 4.78 is 44.1. The summed E-state index contributed by atoms with van der Waals surface area (Å²) >= 11 is 6.56. The van der Waals surface area contributed by atoms with Crippen LogP contribution in [0.1, 0.15) is 39.5 Å². The van der Waals surface area contributed by atoms with E-state index in [4.69, 9.17) is 11.6 Å². The minimum absolute atomic E-state index is 0.0329. The van der Waals surface area contributed by atoms with E-state index in [1.54, 1.807) is 22.9 Å². The van der Waals surface area contributed by atoms with Gasteiger partial charge in [-0.05, 0) is 30.3 Å². The van der Waals surface area contributed by atoms with Crippen molar-refractivity contribution in [2.75, 3.05) is 83.1 Å². The number of quaternary nitrogens is 1. The molecule has 0 atom stereocenters. The van der Waals surface area contributed by atoms with Crippen LogP contribution >= 0.6 is 11.6 Å². The first-order valence-corrected chi connectivity index (χ1v) is 19.3. The predicted molar refractivity (Wildman–Crippen MR) is 207 cm³/mol. The largest absolute Gasteiger partial charge is 0.477 e. The summed E-state index contributed by atoms with van der Waals surface area (Å²) in [4.78, 5) is 63.9. The number of pyridine rings is 1. The fourth-order valence-corrected chi connectivity index (χ4v) is 8.37. The molecule has 7 rings (SSSR count). The van der Waals surface area contributed by atoms with Crippen LogP contribution in [-0.2, 0) is 22.8 Å². The van der Waals surface area contributed by atoms with Gasteiger partial charge in [0, 0.05) is 83.7 Å². The zero-order chi connectivity index (χ0) is 41.4. The summed E-state index contributed by atoms with van der Waals surface area (Å²) in [6, 6.07) is 7.54. The molecule has 3 aliphatic heterocycles. The Balaban J connectivity index is 0.968. The van der Waals surface area contributed by atoms with Gasteiger partial charge in [-0.15, -0.1) is 0 Å². The van der Waals surface area contributed by atoms with Crippen molar-refractivity contribution in [2.24, 2.45) is 18.9 Å². The highest BCUT2D eigenvalue weighted by Crippen LogP contribution is 2.41. The van der Waals surface area contributed by atoms with Gasteiger partial charge < -0.3 is 39.9 Å². The third-order valence-electron chi connectivity index (χ3n) is 11.4. The standard InChI is InChI=1S/C38H43ClF3N11O5/c1-43-25-4-6-28(45-18-25)32-31(33(49-48-32)38(40,41)42)29-19-46-34(50(29)2)35(56)47-24-3-5-26(27(39)15-24)37(58)52-11-9-51(10-12-52)36(57)23-7-13-53(14-8-23,21-30(54)55)20-22-16-44-17-22/h3-6,15,18-19,22-23,44H,7-14,16-17,20-21H2,1-2H3,(H3-,43,45,46,47,48,49,54,55,56,58)/p+1. The minimum atomic E-state index is -4.80. The van der Waals surface area contributed by atoms with Crippen molar-refractivity contribution in [3.05, 3.63) is 64.8 Å². The Morgan fingerprint density at radius 2 is 1.67 bits per heavy atom. The first-order valence-electron chi connectivity index (χ1n) is 18.9. The summed E-state index contributed by atoms with van der Waals surface area (Å²) in [6.45, 7) is 5.25. The Kier molecular flexibility index (Phi) is 11.5. The molecule has 3 aliphatic rings. The van der Waals surface area contributed by atoms with Crippen LogP contribution in [0, 0.1) is 11.8 Å². The van der Waals surface area contributed by atoms with Crippen molar-refractivity contribution in [1.29, 1.82) is 0 Å². The van der Waals surface area contributed by atoms with Gasteiger partial charge >= 0.3 is 12.1 Å². The lowest BCUT2D eigenvalue weighted by atomic mass is 9.90. The SMILES string of the molecule is CNc1ccc(-c2n[nH]c(C(F)(F)F)c2-c2cnc(C(=O)Nc3ccc(C(=O)N4CCN(C(=O)C5CC[N+](CC(=O)O)(CC6CNC6)CC5)CC4)c(Cl)c3)n2C)nc1. The van der Waals surface area contributed by atoms with Gasteiger partial charge in [-0.1, -0.05) is 11.6 Å². The number of piperidine rings is 1. The van der Waals surface area contributed by atoms with E-state index in [0.29, 0.717) is 68.2 Å². The monoisotopic (exact) mass is 826 g/mol. The summed E-state index contributed by atoms with van der Waals surface area (Å²) in [5, 5.41) is 24.4. The third-order valence-corrected chi connectivity index (χ3v) is 11.7. The molecule has 20 heteroatoms. The molecule has 0 unspecified atom stereocenters. The number of aliphatic carboxylic acids is 1. The van der Waals surface area contributed by atoms with Crippen molar-refractivity contribution in [3.63, 3.8) is 0 Å². The van der Waals surface area contributed by atoms with E-state index in [-0.39, 0.29) is 69.0 Å². The first kappa shape index (κ1) is 40.7. The van der Waals surface area contributed by atoms with Crippen molar-refractivity contribution in [1.82, 2.24) is 39.8 Å². The number of aromatic amines is 1. The van der Waals surface area contributed by atoms with Crippen molar-refractivity contribution >= 4 is 46.7 Å². The number of nitrogens with zero attached hydrogens (tertiary/aromatic N) is 7. The smallest absolute Gasteiger partial charge is 0.433 e. The Morgan fingerprint density at radius 3 is 2.26 bits per heavy atom. The number of rotatable bonds is 11. The van der Waals surface area contributed by atoms with Crippen LogP contribution in [0.3, 0.4) is 0 Å². The zero-order valence-electron chi connectivity index (χ0n) is 31.9. The zero-order valence-corrected chi connectivity index (χ0v) is 32.7. The van der Waals surface area contributed by atoms with Gasteiger partial charge in [-0.2, -0.15) is 18.3 Å². The molecule has 3 fully saturated rings. The average Bonchev–Trinajstić information content (AvgIpc) is 3.80. The molecule has 4 aromatic rings. The number of hydrogen-bond acceptors (Lipinski definition) is 9. The molecular formula is C38H44ClF3N11O5+. The summed E-state index contributed by atoms with van der Waals surface area (Å²) in [5.74, 6) is -1.79. The summed E-state index contributed by atoms with van der Waals surface area (Å²) in [7, 11) is 3.09. The number of halogens is 4. The molecule has 6 heterocycles. The van der Waals surface area contributed by atoms with Gasteiger partial charge in [0.05, 0.1) is 65.3 Å². The van der Waals surface area contributed by atoms with E-state index in [1.165, 1.54) is 42.1 Å². The molecule has 3 aromatic heterocycles. The van der Waals surface area contributed by atoms with Crippen LogP contribution in [-0.4, -0.2) is 140 Å². The van der Waals surface area contributed by atoms with Crippen LogP contribution in [0.5, 0.6) is 0 Å². The van der Waals surface area contributed by atoms with Gasteiger partial charge in [0.1, 0.15) is 11.4 Å². The number of carboxylic acid groups (broad SMARTS) is 1. The second-order valence-corrected chi connectivity index (χ2v) is 15.5. The topological polar surface area (TPSA) is 190 Å². The second kappa shape index (κ2) is 16.4. The lowest BCUT2D eigenvalue weighted by molar-refractivity contribution is -0.929. The van der Waals surface area contributed by atoms with Crippen LogP contribution < -0.4 is 16.0 Å². The number of aromatic nitrogens is 5. The fraction of sp³-hybridized carbons (Fsp3) is 0.447. The number of piperazine rings is 1. The van der Waals surface area contributed by atoms with E-state index in [1.807, 2.05) is 0 Å². The Hall–Kier alpha value is -5.53. The van der Waals surface area contributed by atoms with E-state index in [9.17, 15) is 37.5 Å². The highest BCUT2D eigenvalue weighted by atomic mass is 35.5. The van der Waals surface area contributed by atoms with E-state index >= 15 is 0 Å². The molecule has 3 saturated heterocycles. The van der Waals surface area contributed by atoms with Crippen molar-refractivity contribution in [3.8, 4) is 22.6 Å². The number of alkyl halides is 3.